The Bertz CT molecular complexity index is 2530. The van der Waals surface area contributed by atoms with Crippen LogP contribution in [0.2, 0.25) is 0 Å². The molecular formula is C43H45BrN2O12S. The number of hydrogen-bond donors (Lipinski definition) is 3. The number of Topliss-reactive ketones (excluding diaryl/α,β-unsaturated/α-hetero) is 1. The molecule has 16 heteroatoms. The summed E-state index contributed by atoms with van der Waals surface area (Å²) < 4.78 is 37.4. The number of carbonyl (C=O) groups excluding carboxylic acids is 3. The van der Waals surface area contributed by atoms with Gasteiger partial charge in [-0.1, -0.05) is 54.9 Å². The lowest BCUT2D eigenvalue weighted by atomic mass is 9.86. The van der Waals surface area contributed by atoms with E-state index in [0.717, 1.165) is 0 Å². The minimum atomic E-state index is -2.01. The lowest BCUT2D eigenvalue weighted by molar-refractivity contribution is -0.168. The SMILES string of the molecule is CO[C@H]1/C=C/O[C@@]2(C)Oc3c(C)c(O)c4c(=O)c(c5oc6cc(Br)cc(SC)c6nc-5c4c3C2=O)NC(=O)/C(C)=C\C=C\[C@H](C)[C@@H]2O[C@H]([C@H](O)[C@@H]2C)[C@H](OC(C)=O)[C@@H]1C. The summed E-state index contributed by atoms with van der Waals surface area (Å²) in [5, 5.41) is 25.6. The van der Waals surface area contributed by atoms with Crippen molar-refractivity contribution in [2.75, 3.05) is 18.7 Å². The summed E-state index contributed by atoms with van der Waals surface area (Å²) in [6.07, 6.45) is 5.52. The average Bonchev–Trinajstić information content (AvgIpc) is 3.64. The molecule has 7 bridgehead atoms. The first-order chi connectivity index (χ1) is 27.9. The first-order valence-corrected chi connectivity index (χ1v) is 21.1. The molecule has 5 aliphatic heterocycles. The maximum absolute atomic E-state index is 14.7. The number of nitrogens with one attached hydrogen (secondary N) is 1. The number of ether oxygens (including phenoxy) is 5. The van der Waals surface area contributed by atoms with Gasteiger partial charge in [0.15, 0.2) is 11.3 Å². The Kier molecular flexibility index (Phi) is 11.5. The molecule has 0 radical (unpaired) electrons. The molecule has 1 amide bonds. The number of phenolic OH excluding ortho intramolecular Hbond substituents is 1. The highest BCUT2D eigenvalue weighted by Gasteiger charge is 2.51. The van der Waals surface area contributed by atoms with E-state index in [1.807, 2.05) is 32.2 Å². The Morgan fingerprint density at radius 1 is 1.07 bits per heavy atom. The standard InChI is InChI=1S/C43H45BrN2O12S/c1-17-11-10-12-18(2)42(52)46-32-35(50)28-27(31-39(32)56-25-15-23(44)16-26(59-9)30(25)45-31)29-37(20(4)33(28)48)58-43(7,41(29)51)54-14-13-24(53-8)19(3)38(55-22(6)47)40-34(49)21(5)36(17)57-40/h10-17,19,21,24,34,36,38,40,48-49H,1-9H3,(H,46,52)/b11-10+,14-13+,18-12-/t17-,19+,21-,24-,34+,36-,38+,40+,43-/m0/s1. The zero-order chi connectivity index (χ0) is 42.8. The van der Waals surface area contributed by atoms with E-state index in [4.69, 9.17) is 33.1 Å². The van der Waals surface area contributed by atoms with Gasteiger partial charge in [-0.25, -0.2) is 4.98 Å². The van der Waals surface area contributed by atoms with Gasteiger partial charge in [-0.2, -0.15) is 0 Å². The van der Waals surface area contributed by atoms with E-state index in [-0.39, 0.29) is 67.8 Å². The van der Waals surface area contributed by atoms with Crippen molar-refractivity contribution in [2.45, 2.75) is 89.7 Å². The van der Waals surface area contributed by atoms with Crippen LogP contribution in [0.5, 0.6) is 11.5 Å². The number of phenols is 1. The minimum Gasteiger partial charge on any atom is -0.507 e. The molecule has 0 spiro atoms. The number of esters is 1. The van der Waals surface area contributed by atoms with E-state index >= 15 is 0 Å². The average molecular weight is 894 g/mol. The van der Waals surface area contributed by atoms with Crippen molar-refractivity contribution < 1.29 is 52.7 Å². The molecule has 1 aliphatic carbocycles. The second-order valence-corrected chi connectivity index (χ2v) is 17.2. The normalized spacial score (nSPS) is 30.7. The molecule has 8 rings (SSSR count). The number of anilines is 1. The lowest BCUT2D eigenvalue weighted by Crippen LogP contribution is -2.46. The van der Waals surface area contributed by atoms with Crippen molar-refractivity contribution in [1.82, 2.24) is 4.98 Å². The summed E-state index contributed by atoms with van der Waals surface area (Å²) in [6.45, 7) is 11.3. The predicted octanol–water partition coefficient (Wildman–Crippen LogP) is 7.20. The predicted molar refractivity (Wildman–Crippen MR) is 224 cm³/mol. The summed E-state index contributed by atoms with van der Waals surface area (Å²) in [4.78, 5) is 61.3. The van der Waals surface area contributed by atoms with Crippen LogP contribution in [-0.4, -0.2) is 82.5 Å². The maximum atomic E-state index is 14.7. The van der Waals surface area contributed by atoms with Crippen LogP contribution in [0, 0.1) is 24.7 Å². The monoisotopic (exact) mass is 892 g/mol. The van der Waals surface area contributed by atoms with Crippen molar-refractivity contribution in [1.29, 1.82) is 0 Å². The number of nitrogens with zero attached hydrogens (tertiary/aromatic N) is 1. The van der Waals surface area contributed by atoms with Crippen molar-refractivity contribution in [3.05, 3.63) is 74.1 Å². The van der Waals surface area contributed by atoms with Gasteiger partial charge in [-0.15, -0.1) is 11.8 Å². The van der Waals surface area contributed by atoms with Crippen LogP contribution in [0.4, 0.5) is 5.69 Å². The number of fused-ring (bicyclic) bond motifs is 9. The number of methoxy groups -OCH3 is 1. The van der Waals surface area contributed by atoms with Gasteiger partial charge in [0.05, 0.1) is 35.5 Å². The summed E-state index contributed by atoms with van der Waals surface area (Å²) in [5.74, 6) is -5.83. The van der Waals surface area contributed by atoms with Crippen molar-refractivity contribution in [2.24, 2.45) is 17.8 Å². The minimum absolute atomic E-state index is 0.0215. The van der Waals surface area contributed by atoms with Crippen molar-refractivity contribution in [3.63, 3.8) is 0 Å². The van der Waals surface area contributed by atoms with Gasteiger partial charge in [0.1, 0.15) is 40.6 Å². The molecule has 2 aromatic rings. The van der Waals surface area contributed by atoms with Crippen LogP contribution in [-0.2, 0) is 28.5 Å². The number of allylic oxidation sites excluding steroid dienone is 2. The van der Waals surface area contributed by atoms with Crippen LogP contribution >= 0.6 is 27.7 Å². The number of hydrogen-bond acceptors (Lipinski definition) is 14. The van der Waals surface area contributed by atoms with Crippen molar-refractivity contribution in [3.8, 4) is 23.0 Å². The first kappa shape index (κ1) is 42.4. The maximum Gasteiger partial charge on any atom is 0.312 e. The fourth-order valence-corrected chi connectivity index (χ4v) is 9.35. The Hall–Kier alpha value is -4.74. The number of ketones is 1. The smallest absolute Gasteiger partial charge is 0.312 e. The molecule has 9 atom stereocenters. The van der Waals surface area contributed by atoms with Gasteiger partial charge in [0, 0.05) is 64.6 Å². The van der Waals surface area contributed by atoms with E-state index in [2.05, 4.69) is 21.2 Å². The first-order valence-electron chi connectivity index (χ1n) is 19.0. The fourth-order valence-electron chi connectivity index (χ4n) is 8.18. The van der Waals surface area contributed by atoms with Gasteiger partial charge in [-0.3, -0.25) is 19.2 Å². The number of thioether (sulfide) groups is 1. The summed E-state index contributed by atoms with van der Waals surface area (Å²) in [6, 6.07) is 3.52. The third kappa shape index (κ3) is 7.22. The molecule has 59 heavy (non-hydrogen) atoms. The number of rotatable bonds is 3. The molecule has 1 saturated heterocycles. The topological polar surface area (TPSA) is 193 Å². The number of aliphatic hydroxyl groups excluding tert-OH is 1. The largest absolute Gasteiger partial charge is 0.507 e. The van der Waals surface area contributed by atoms with Crippen LogP contribution in [0.1, 0.15) is 57.5 Å². The Labute approximate surface area is 352 Å². The Morgan fingerprint density at radius 2 is 1.80 bits per heavy atom. The molecule has 0 aromatic heterocycles. The quantitative estimate of drug-likeness (QED) is 0.0809. The number of benzene rings is 3. The van der Waals surface area contributed by atoms with Crippen LogP contribution in [0.3, 0.4) is 0 Å². The third-order valence-electron chi connectivity index (χ3n) is 11.5. The van der Waals surface area contributed by atoms with E-state index in [0.29, 0.717) is 14.9 Å². The molecule has 6 aliphatic rings. The molecule has 5 heterocycles. The fraction of sp³-hybridized carbons (Fsp3) is 0.419. The summed E-state index contributed by atoms with van der Waals surface area (Å²) in [7, 11) is 1.46. The highest BCUT2D eigenvalue weighted by atomic mass is 79.9. The van der Waals surface area contributed by atoms with Crippen LogP contribution < -0.4 is 15.5 Å². The van der Waals surface area contributed by atoms with Crippen LogP contribution in [0.15, 0.2) is 66.9 Å². The van der Waals surface area contributed by atoms with E-state index in [9.17, 15) is 29.4 Å². The van der Waals surface area contributed by atoms with E-state index in [1.165, 1.54) is 52.0 Å². The number of halogens is 1. The molecular weight excluding hydrogens is 848 g/mol. The molecule has 0 unspecified atom stereocenters. The third-order valence-corrected chi connectivity index (χ3v) is 12.7. The second kappa shape index (κ2) is 16.0. The number of aromatic hydroxyl groups is 1. The number of aliphatic hydroxyl groups is 1. The number of amides is 1. The van der Waals surface area contributed by atoms with Gasteiger partial charge >= 0.3 is 11.8 Å². The van der Waals surface area contributed by atoms with E-state index < -0.39 is 71.1 Å². The van der Waals surface area contributed by atoms with Crippen LogP contribution in [0.25, 0.3) is 33.3 Å². The van der Waals surface area contributed by atoms with Crippen molar-refractivity contribution >= 4 is 72.9 Å². The number of carbonyl (C=O) groups is 3. The zero-order valence-electron chi connectivity index (χ0n) is 33.9. The Balaban J connectivity index is 1.47. The van der Waals surface area contributed by atoms with Gasteiger partial charge in [-0.05, 0) is 38.3 Å². The highest BCUT2D eigenvalue weighted by molar-refractivity contribution is 9.10. The molecule has 0 saturated carbocycles. The highest BCUT2D eigenvalue weighted by Crippen LogP contribution is 2.51. The second-order valence-electron chi connectivity index (χ2n) is 15.4. The molecule has 2 aromatic carbocycles. The molecule has 1 fully saturated rings. The Morgan fingerprint density at radius 3 is 2.47 bits per heavy atom. The van der Waals surface area contributed by atoms with E-state index in [1.54, 1.807) is 32.1 Å². The number of aromatic nitrogens is 1. The summed E-state index contributed by atoms with van der Waals surface area (Å²) >= 11 is 4.91. The summed E-state index contributed by atoms with van der Waals surface area (Å²) in [5.41, 5.74) is -0.170. The molecule has 312 valence electrons. The van der Waals surface area contributed by atoms with Gasteiger partial charge < -0.3 is 43.6 Å². The molecule has 14 nitrogen and oxygen atoms in total. The van der Waals surface area contributed by atoms with Gasteiger partial charge in [0.25, 0.3) is 11.7 Å². The zero-order valence-corrected chi connectivity index (χ0v) is 36.3. The van der Waals surface area contributed by atoms with Gasteiger partial charge in [0.2, 0.25) is 5.43 Å². The molecule has 3 N–H and O–H groups in total. The lowest BCUT2D eigenvalue weighted by Gasteiger charge is -2.33.